The van der Waals surface area contributed by atoms with Gasteiger partial charge in [-0.1, -0.05) is 22.0 Å². The zero-order valence-corrected chi connectivity index (χ0v) is 11.5. The van der Waals surface area contributed by atoms with Crippen LogP contribution >= 0.6 is 15.9 Å². The monoisotopic (exact) mass is 306 g/mol. The zero-order valence-electron chi connectivity index (χ0n) is 9.11. The van der Waals surface area contributed by atoms with E-state index < -0.39 is 10.1 Å². The van der Waals surface area contributed by atoms with Gasteiger partial charge in [-0.2, -0.15) is 8.42 Å². The van der Waals surface area contributed by atoms with Crippen LogP contribution in [0.3, 0.4) is 0 Å². The van der Waals surface area contributed by atoms with E-state index in [1.807, 2.05) is 0 Å². The maximum absolute atomic E-state index is 9.19. The van der Waals surface area contributed by atoms with Gasteiger partial charge >= 0.3 is 0 Å². The molecule has 0 spiro atoms. The van der Waals surface area contributed by atoms with Crippen molar-refractivity contribution in [3.05, 3.63) is 33.8 Å². The van der Waals surface area contributed by atoms with Gasteiger partial charge in [0.25, 0.3) is 10.1 Å². The van der Waals surface area contributed by atoms with Gasteiger partial charge in [-0.05, 0) is 48.9 Å². The lowest BCUT2D eigenvalue weighted by molar-refractivity contribution is 0.490. The Balaban J connectivity index is 0.000000221. The summed E-state index contributed by atoms with van der Waals surface area (Å²) < 4.78 is 27.1. The van der Waals surface area contributed by atoms with Gasteiger partial charge < -0.3 is 0 Å². The largest absolute Gasteiger partial charge is 0.286 e. The molecular weight excluding hydrogens is 292 g/mol. The minimum absolute atomic E-state index is 0.715. The normalized spacial score (nSPS) is 14.7. The number of hydrogen-bond donors (Lipinski definition) is 1. The molecule has 0 aromatic heterocycles. The molecule has 90 valence electrons. The Morgan fingerprint density at radius 1 is 1.19 bits per heavy atom. The predicted molar refractivity (Wildman–Crippen MR) is 68.3 cm³/mol. The Labute approximate surface area is 105 Å². The third-order valence-corrected chi connectivity index (χ3v) is 2.80. The highest BCUT2D eigenvalue weighted by Gasteiger charge is 2.07. The number of benzene rings is 1. The van der Waals surface area contributed by atoms with Crippen molar-refractivity contribution in [3.63, 3.8) is 0 Å². The maximum atomic E-state index is 9.19. The van der Waals surface area contributed by atoms with Crippen molar-refractivity contribution < 1.29 is 13.0 Å². The lowest BCUT2D eigenvalue weighted by Gasteiger charge is -2.14. The number of hydrogen-bond acceptors (Lipinski definition) is 2. The molecule has 0 saturated heterocycles. The van der Waals surface area contributed by atoms with E-state index in [9.17, 15) is 8.42 Å². The molecule has 0 fully saturated rings. The Bertz CT molecular complexity index is 446. The van der Waals surface area contributed by atoms with Crippen molar-refractivity contribution in [2.45, 2.75) is 25.7 Å². The number of aryl methyl sites for hydroxylation is 2. The molecule has 1 aliphatic carbocycles. The van der Waals surface area contributed by atoms with E-state index in [0.29, 0.717) is 6.26 Å². The molecule has 0 unspecified atom stereocenters. The zero-order chi connectivity index (χ0) is 12.2. The van der Waals surface area contributed by atoms with Gasteiger partial charge in [0.2, 0.25) is 0 Å². The second-order valence-electron chi connectivity index (χ2n) is 3.85. The van der Waals surface area contributed by atoms with E-state index in [0.717, 1.165) is 0 Å². The van der Waals surface area contributed by atoms with Crippen LogP contribution in [0.1, 0.15) is 24.0 Å². The van der Waals surface area contributed by atoms with Crippen LogP contribution in [0.25, 0.3) is 0 Å². The van der Waals surface area contributed by atoms with E-state index in [1.165, 1.54) is 30.2 Å². The molecule has 2 rings (SSSR count). The molecule has 0 heterocycles. The Kier molecular flexibility index (Phi) is 4.95. The Morgan fingerprint density at radius 2 is 1.69 bits per heavy atom. The van der Waals surface area contributed by atoms with E-state index in [-0.39, 0.29) is 0 Å². The summed E-state index contributed by atoms with van der Waals surface area (Å²) in [4.78, 5) is 0. The van der Waals surface area contributed by atoms with Gasteiger partial charge in [-0.3, -0.25) is 4.55 Å². The summed E-state index contributed by atoms with van der Waals surface area (Å²) in [6, 6.07) is 6.65. The molecule has 1 aromatic carbocycles. The van der Waals surface area contributed by atoms with Crippen LogP contribution in [-0.4, -0.2) is 19.2 Å². The Hall–Kier alpha value is -0.390. The summed E-state index contributed by atoms with van der Waals surface area (Å²) >= 11 is 3.49. The smallest absolute Gasteiger partial charge is 0.261 e. The minimum atomic E-state index is -3.67. The minimum Gasteiger partial charge on any atom is -0.286 e. The molecule has 0 bridgehead atoms. The second kappa shape index (κ2) is 5.80. The highest BCUT2D eigenvalue weighted by molar-refractivity contribution is 9.10. The van der Waals surface area contributed by atoms with Crippen molar-refractivity contribution in [1.29, 1.82) is 0 Å². The molecule has 0 radical (unpaired) electrons. The fourth-order valence-electron chi connectivity index (χ4n) is 1.70. The highest BCUT2D eigenvalue weighted by atomic mass is 79.9. The summed E-state index contributed by atoms with van der Waals surface area (Å²) in [6.45, 7) is 0. The third kappa shape index (κ3) is 5.63. The molecule has 1 aliphatic rings. The molecule has 5 heteroatoms. The van der Waals surface area contributed by atoms with Crippen LogP contribution < -0.4 is 0 Å². The van der Waals surface area contributed by atoms with Gasteiger partial charge in [0.1, 0.15) is 0 Å². The van der Waals surface area contributed by atoms with E-state index in [1.54, 1.807) is 11.1 Å². The summed E-state index contributed by atoms with van der Waals surface area (Å²) in [7, 11) is -3.67. The SMILES string of the molecule is Brc1ccc2c(c1)CCCC2.CS(=O)(=O)O. The summed E-state index contributed by atoms with van der Waals surface area (Å²) in [6.07, 6.45) is 6.00. The van der Waals surface area contributed by atoms with Crippen molar-refractivity contribution in [1.82, 2.24) is 0 Å². The first-order valence-electron chi connectivity index (χ1n) is 5.06. The first-order valence-corrected chi connectivity index (χ1v) is 7.70. The van der Waals surface area contributed by atoms with Crippen LogP contribution in [-0.2, 0) is 23.0 Å². The summed E-state index contributed by atoms with van der Waals surface area (Å²) in [5, 5.41) is 0. The van der Waals surface area contributed by atoms with Crippen LogP contribution in [0.15, 0.2) is 22.7 Å². The average molecular weight is 307 g/mol. The second-order valence-corrected chi connectivity index (χ2v) is 6.23. The van der Waals surface area contributed by atoms with Crippen LogP contribution in [0.2, 0.25) is 0 Å². The molecule has 1 N–H and O–H groups in total. The average Bonchev–Trinajstić information content (AvgIpc) is 2.15. The van der Waals surface area contributed by atoms with Gasteiger partial charge in [0.15, 0.2) is 0 Å². The lowest BCUT2D eigenvalue weighted by Crippen LogP contribution is -2.01. The van der Waals surface area contributed by atoms with Gasteiger partial charge in [0.05, 0.1) is 6.26 Å². The molecule has 0 atom stereocenters. The predicted octanol–water partition coefficient (Wildman–Crippen LogP) is 2.83. The van der Waals surface area contributed by atoms with Gasteiger partial charge in [0, 0.05) is 4.47 Å². The van der Waals surface area contributed by atoms with Gasteiger partial charge in [-0.15, -0.1) is 0 Å². The van der Waals surface area contributed by atoms with Gasteiger partial charge in [-0.25, -0.2) is 0 Å². The molecule has 3 nitrogen and oxygen atoms in total. The topological polar surface area (TPSA) is 54.4 Å². The quantitative estimate of drug-likeness (QED) is 0.750. The van der Waals surface area contributed by atoms with Crippen LogP contribution in [0, 0.1) is 0 Å². The fraction of sp³-hybridized carbons (Fsp3) is 0.455. The summed E-state index contributed by atoms with van der Waals surface area (Å²) in [5.74, 6) is 0. The van der Waals surface area contributed by atoms with E-state index in [2.05, 4.69) is 34.1 Å². The fourth-order valence-corrected chi connectivity index (χ4v) is 2.11. The van der Waals surface area contributed by atoms with E-state index >= 15 is 0 Å². The summed E-state index contributed by atoms with van der Waals surface area (Å²) in [5.41, 5.74) is 3.10. The van der Waals surface area contributed by atoms with Crippen molar-refractivity contribution in [3.8, 4) is 0 Å². The van der Waals surface area contributed by atoms with E-state index in [4.69, 9.17) is 4.55 Å². The molecule has 0 aliphatic heterocycles. The van der Waals surface area contributed by atoms with Crippen molar-refractivity contribution in [2.24, 2.45) is 0 Å². The third-order valence-electron chi connectivity index (χ3n) is 2.31. The molecule has 0 amide bonds. The standard InChI is InChI=1S/C10H11Br.CH4O3S/c11-10-6-5-8-3-1-2-4-9(8)7-10;1-5(2,3)4/h5-7H,1-4H2;1H3,(H,2,3,4). The van der Waals surface area contributed by atoms with Crippen molar-refractivity contribution in [2.75, 3.05) is 6.26 Å². The molecule has 1 aromatic rings. The lowest BCUT2D eigenvalue weighted by atomic mass is 9.92. The Morgan fingerprint density at radius 3 is 2.25 bits per heavy atom. The first kappa shape index (κ1) is 13.7. The molecular formula is C11H15BrO3S. The number of rotatable bonds is 0. The molecule has 0 saturated carbocycles. The maximum Gasteiger partial charge on any atom is 0.261 e. The first-order chi connectivity index (χ1) is 7.36. The number of fused-ring (bicyclic) bond motifs is 1. The van der Waals surface area contributed by atoms with Crippen LogP contribution in [0.4, 0.5) is 0 Å². The van der Waals surface area contributed by atoms with Crippen molar-refractivity contribution >= 4 is 26.0 Å². The number of halogens is 1. The van der Waals surface area contributed by atoms with Crippen LogP contribution in [0.5, 0.6) is 0 Å². The highest BCUT2D eigenvalue weighted by Crippen LogP contribution is 2.24. The molecule has 16 heavy (non-hydrogen) atoms.